The number of Topliss-reactive ketones (excluding diaryl/α,β-unsaturated/α-hetero) is 2. The molecule has 1 aromatic heterocycles. The number of unbranched alkanes of at least 4 members (excludes halogenated alkanes) is 3. The van der Waals surface area contributed by atoms with E-state index in [0.717, 1.165) is 87.5 Å². The number of hydrogen-bond donors (Lipinski definition) is 2. The van der Waals surface area contributed by atoms with Crippen LogP contribution in [0, 0.1) is 0 Å². The van der Waals surface area contributed by atoms with E-state index in [1.54, 1.807) is 12.1 Å². The molecule has 66 heavy (non-hydrogen) atoms. The van der Waals surface area contributed by atoms with Gasteiger partial charge in [0, 0.05) is 90.2 Å². The van der Waals surface area contributed by atoms with E-state index in [1.165, 1.54) is 17.2 Å². The fourth-order valence-electron chi connectivity index (χ4n) is 9.19. The van der Waals surface area contributed by atoms with Gasteiger partial charge in [-0.05, 0) is 84.3 Å². The quantitative estimate of drug-likeness (QED) is 0.0422. The molecule has 9 rings (SSSR count). The zero-order valence-electron chi connectivity index (χ0n) is 37.9. The molecule has 0 unspecified atom stereocenters. The van der Waals surface area contributed by atoms with Gasteiger partial charge in [-0.15, -0.1) is 0 Å². The summed E-state index contributed by atoms with van der Waals surface area (Å²) in [5.74, 6) is 1.08. The standard InChI is InChI=1S/C56H53N5O5/c1-60(2)41-24-27-46-51(33-41)66-52-34-42(61(3)4)25-28-47(52)53(46)44-26-23-39(32-48(44)56(64)65)50(63)18-8-6-5-7-15-43(62)29-35-19-21-36(22-20-35)54-58-49-17-12-11-16-45(49)55(59-54)57-40-30-37-13-9-10-14-38(37)31-40/h9-14,16-17,19-28,32-34,40H,5-8,15,18,29-31H2,1-4H3,(H-,57,58,59,64,65)/p+1. The average Bonchev–Trinajstić information content (AvgIpc) is 3.74. The molecular formula is C56H54N5O5+. The van der Waals surface area contributed by atoms with Crippen molar-refractivity contribution in [3.05, 3.63) is 161 Å². The predicted octanol–water partition coefficient (Wildman–Crippen LogP) is 10.5. The van der Waals surface area contributed by atoms with Crippen LogP contribution in [0.3, 0.4) is 0 Å². The normalized spacial score (nSPS) is 12.4. The Balaban J connectivity index is 0.795. The van der Waals surface area contributed by atoms with Crippen molar-refractivity contribution in [3.8, 4) is 33.8 Å². The molecule has 1 aliphatic heterocycles. The van der Waals surface area contributed by atoms with Crippen molar-refractivity contribution in [2.75, 3.05) is 38.4 Å². The highest BCUT2D eigenvalue weighted by molar-refractivity contribution is 6.09. The molecule has 0 fully saturated rings. The third kappa shape index (κ3) is 9.36. The first-order chi connectivity index (χ1) is 32.0. The summed E-state index contributed by atoms with van der Waals surface area (Å²) in [6, 6.07) is 41.7. The van der Waals surface area contributed by atoms with Crippen LogP contribution in [0.5, 0.6) is 0 Å². The number of aromatic nitrogens is 2. The Morgan fingerprint density at radius 3 is 2.18 bits per heavy atom. The largest absolute Gasteiger partial charge is 0.478 e. The summed E-state index contributed by atoms with van der Waals surface area (Å²) in [5, 5.41) is 16.9. The molecule has 0 radical (unpaired) electrons. The minimum Gasteiger partial charge on any atom is -0.478 e. The number of para-hydroxylation sites is 1. The number of ketones is 2. The SMILES string of the molecule is CN(C)c1ccc2c(-c3ccc(C(=O)CCCCCCC(=O)Cc4ccc(-c5nc(NC6Cc7ccccc7C6)c6ccccc6n5)cc4)cc3C(=O)O)c3ccc(=[N+](C)C)cc-3oc2c1. The number of carboxylic acid groups (broad SMARTS) is 1. The molecule has 2 aliphatic carbocycles. The van der Waals surface area contributed by atoms with Crippen molar-refractivity contribution in [1.29, 1.82) is 0 Å². The summed E-state index contributed by atoms with van der Waals surface area (Å²) < 4.78 is 8.43. The summed E-state index contributed by atoms with van der Waals surface area (Å²) in [5.41, 5.74) is 9.55. The summed E-state index contributed by atoms with van der Waals surface area (Å²) >= 11 is 0. The highest BCUT2D eigenvalue weighted by Gasteiger charge is 2.25. The van der Waals surface area contributed by atoms with Crippen molar-refractivity contribution >= 4 is 50.9 Å². The van der Waals surface area contributed by atoms with Crippen molar-refractivity contribution in [3.63, 3.8) is 0 Å². The molecule has 0 atom stereocenters. The second kappa shape index (κ2) is 18.9. The van der Waals surface area contributed by atoms with E-state index in [0.29, 0.717) is 54.0 Å². The number of fused-ring (bicyclic) bond motifs is 4. The van der Waals surface area contributed by atoms with E-state index < -0.39 is 5.97 Å². The van der Waals surface area contributed by atoms with Crippen LogP contribution in [-0.2, 0) is 24.1 Å². The molecule has 0 bridgehead atoms. The molecule has 6 aromatic rings. The lowest BCUT2D eigenvalue weighted by atomic mass is 9.89. The first kappa shape index (κ1) is 43.8. The first-order valence-electron chi connectivity index (χ1n) is 22.8. The molecule has 10 heteroatoms. The number of carboxylic acids is 1. The number of hydrogen-bond acceptors (Lipinski definition) is 8. The van der Waals surface area contributed by atoms with Crippen LogP contribution < -0.4 is 20.1 Å². The van der Waals surface area contributed by atoms with E-state index in [4.69, 9.17) is 14.4 Å². The Hall–Kier alpha value is -7.46. The summed E-state index contributed by atoms with van der Waals surface area (Å²) in [6.45, 7) is 0. The topological polar surface area (TPSA) is 129 Å². The molecule has 0 saturated heterocycles. The molecule has 2 N–H and O–H groups in total. The number of anilines is 2. The Kier molecular flexibility index (Phi) is 12.6. The van der Waals surface area contributed by atoms with Gasteiger partial charge < -0.3 is 19.7 Å². The highest BCUT2D eigenvalue weighted by Crippen LogP contribution is 2.42. The number of nitrogens with zero attached hydrogens (tertiary/aromatic N) is 4. The maximum Gasteiger partial charge on any atom is 0.336 e. The number of carbonyl (C=O) groups is 3. The molecule has 3 aliphatic rings. The minimum atomic E-state index is -1.11. The first-order valence-corrected chi connectivity index (χ1v) is 22.8. The molecular weight excluding hydrogens is 823 g/mol. The van der Waals surface area contributed by atoms with Gasteiger partial charge in [0.2, 0.25) is 5.36 Å². The number of aromatic carboxylic acids is 1. The summed E-state index contributed by atoms with van der Waals surface area (Å²) in [7, 11) is 7.84. The van der Waals surface area contributed by atoms with Crippen LogP contribution >= 0.6 is 0 Å². The fourth-order valence-corrected chi connectivity index (χ4v) is 9.19. The zero-order valence-corrected chi connectivity index (χ0v) is 37.9. The second-order valence-corrected chi connectivity index (χ2v) is 17.9. The van der Waals surface area contributed by atoms with E-state index in [9.17, 15) is 19.5 Å². The van der Waals surface area contributed by atoms with E-state index in [-0.39, 0.29) is 23.2 Å². The molecule has 10 nitrogen and oxygen atoms in total. The van der Waals surface area contributed by atoms with Crippen LogP contribution in [0.15, 0.2) is 132 Å². The number of nitrogens with one attached hydrogen (secondary N) is 1. The number of benzene rings is 6. The van der Waals surface area contributed by atoms with Gasteiger partial charge in [-0.1, -0.05) is 85.6 Å². The van der Waals surface area contributed by atoms with Crippen molar-refractivity contribution in [2.45, 2.75) is 63.8 Å². The van der Waals surface area contributed by atoms with Crippen molar-refractivity contribution < 1.29 is 23.9 Å². The molecule has 2 heterocycles. The zero-order chi connectivity index (χ0) is 45.9. The van der Waals surface area contributed by atoms with Crippen LogP contribution in [0.1, 0.15) is 75.9 Å². The average molecular weight is 877 g/mol. The van der Waals surface area contributed by atoms with Crippen molar-refractivity contribution in [1.82, 2.24) is 14.5 Å². The lowest BCUT2D eigenvalue weighted by Crippen LogP contribution is -2.21. The Bertz CT molecular complexity index is 3160. The van der Waals surface area contributed by atoms with E-state index in [1.807, 2.05) is 117 Å². The fraction of sp³-hybridized carbons (Fsp3) is 0.250. The van der Waals surface area contributed by atoms with E-state index >= 15 is 0 Å². The maximum atomic E-state index is 13.5. The third-order valence-corrected chi connectivity index (χ3v) is 12.8. The molecule has 0 saturated carbocycles. The smallest absolute Gasteiger partial charge is 0.336 e. The Morgan fingerprint density at radius 2 is 1.45 bits per heavy atom. The van der Waals surface area contributed by atoms with Crippen LogP contribution in [0.2, 0.25) is 0 Å². The van der Waals surface area contributed by atoms with Gasteiger partial charge in [-0.3, -0.25) is 9.59 Å². The maximum absolute atomic E-state index is 13.5. The highest BCUT2D eigenvalue weighted by atomic mass is 16.4. The van der Waals surface area contributed by atoms with Gasteiger partial charge >= 0.3 is 5.97 Å². The van der Waals surface area contributed by atoms with Crippen LogP contribution in [0.4, 0.5) is 11.5 Å². The summed E-state index contributed by atoms with van der Waals surface area (Å²) in [6.07, 6.45) is 6.05. The minimum absolute atomic E-state index is 0.0612. The number of carbonyl (C=O) groups excluding carboxylic acids is 2. The molecule has 332 valence electrons. The van der Waals surface area contributed by atoms with Gasteiger partial charge in [0.25, 0.3) is 0 Å². The van der Waals surface area contributed by atoms with Crippen LogP contribution in [-0.4, -0.2) is 66.8 Å². The molecule has 5 aromatic carbocycles. The van der Waals surface area contributed by atoms with Crippen molar-refractivity contribution in [2.24, 2.45) is 0 Å². The third-order valence-electron chi connectivity index (χ3n) is 12.8. The van der Waals surface area contributed by atoms with Crippen LogP contribution in [0.25, 0.3) is 55.7 Å². The van der Waals surface area contributed by atoms with Gasteiger partial charge in [-0.2, -0.15) is 0 Å². The lowest BCUT2D eigenvalue weighted by molar-refractivity contribution is -0.118. The number of rotatable bonds is 16. The predicted molar refractivity (Wildman–Crippen MR) is 264 cm³/mol. The van der Waals surface area contributed by atoms with Gasteiger partial charge in [0.05, 0.1) is 17.1 Å². The van der Waals surface area contributed by atoms with E-state index in [2.05, 4.69) is 35.6 Å². The molecule has 0 amide bonds. The monoisotopic (exact) mass is 876 g/mol. The Morgan fingerprint density at radius 1 is 0.742 bits per heavy atom. The Labute approximate surface area is 384 Å². The molecule has 0 spiro atoms. The second-order valence-electron chi connectivity index (χ2n) is 17.9. The van der Waals surface area contributed by atoms with Gasteiger partial charge in [-0.25, -0.2) is 19.3 Å². The lowest BCUT2D eigenvalue weighted by Gasteiger charge is -2.19. The summed E-state index contributed by atoms with van der Waals surface area (Å²) in [4.78, 5) is 51.2. The van der Waals surface area contributed by atoms with Gasteiger partial charge in [0.1, 0.15) is 37.0 Å². The van der Waals surface area contributed by atoms with Gasteiger partial charge in [0.15, 0.2) is 11.6 Å².